The second-order valence-electron chi connectivity index (χ2n) is 5.00. The Morgan fingerprint density at radius 2 is 1.76 bits per heavy atom. The van der Waals surface area contributed by atoms with E-state index >= 15 is 0 Å². The summed E-state index contributed by atoms with van der Waals surface area (Å²) in [6.07, 6.45) is 0.0189. The molecule has 2 atom stereocenters. The van der Waals surface area contributed by atoms with Gasteiger partial charge in [0.2, 0.25) is 0 Å². The van der Waals surface area contributed by atoms with Gasteiger partial charge in [0.25, 0.3) is 0 Å². The van der Waals surface area contributed by atoms with Crippen LogP contribution in [0.3, 0.4) is 0 Å². The molecule has 0 fully saturated rings. The van der Waals surface area contributed by atoms with Crippen LogP contribution in [0.2, 0.25) is 0 Å². The minimum Gasteiger partial charge on any atom is -0.495 e. The Labute approximate surface area is 125 Å². The molecule has 0 aromatic heterocycles. The number of hydrogen-bond acceptors (Lipinski definition) is 4. The molecular formula is C17H22N2O2. The first kappa shape index (κ1) is 15.4. The van der Waals surface area contributed by atoms with Crippen molar-refractivity contribution in [2.75, 3.05) is 19.0 Å². The van der Waals surface area contributed by atoms with Crippen LogP contribution in [0.5, 0.6) is 5.75 Å². The molecule has 4 N–H and O–H groups in total. The van der Waals surface area contributed by atoms with Crippen LogP contribution in [0.25, 0.3) is 0 Å². The lowest BCUT2D eigenvalue weighted by Crippen LogP contribution is -2.41. The molecule has 4 nitrogen and oxygen atoms in total. The van der Waals surface area contributed by atoms with Crippen molar-refractivity contribution < 1.29 is 9.84 Å². The minimum atomic E-state index is -0.630. The number of benzene rings is 2. The molecule has 0 bridgehead atoms. The van der Waals surface area contributed by atoms with Crippen molar-refractivity contribution in [2.24, 2.45) is 5.73 Å². The summed E-state index contributed by atoms with van der Waals surface area (Å²) in [4.78, 5) is 0. The lowest BCUT2D eigenvalue weighted by Gasteiger charge is -2.20. The van der Waals surface area contributed by atoms with Crippen molar-refractivity contribution in [1.29, 1.82) is 0 Å². The van der Waals surface area contributed by atoms with E-state index in [0.717, 1.165) is 17.0 Å². The molecule has 112 valence electrons. The van der Waals surface area contributed by atoms with Gasteiger partial charge in [-0.1, -0.05) is 42.5 Å². The quantitative estimate of drug-likeness (QED) is 0.728. The molecule has 0 aliphatic rings. The van der Waals surface area contributed by atoms with Gasteiger partial charge in [-0.15, -0.1) is 0 Å². The van der Waals surface area contributed by atoms with Gasteiger partial charge in [0, 0.05) is 12.6 Å². The van der Waals surface area contributed by atoms with E-state index in [4.69, 9.17) is 10.5 Å². The van der Waals surface area contributed by atoms with Gasteiger partial charge in [0.05, 0.1) is 18.9 Å². The van der Waals surface area contributed by atoms with Crippen LogP contribution in [-0.4, -0.2) is 30.9 Å². The summed E-state index contributed by atoms with van der Waals surface area (Å²) in [7, 11) is 1.62. The minimum absolute atomic E-state index is 0.311. The second kappa shape index (κ2) is 7.67. The molecule has 0 saturated heterocycles. The van der Waals surface area contributed by atoms with Gasteiger partial charge in [-0.2, -0.15) is 0 Å². The first-order valence-electron chi connectivity index (χ1n) is 7.05. The van der Waals surface area contributed by atoms with Crippen LogP contribution in [-0.2, 0) is 6.42 Å². The number of hydrogen-bond donors (Lipinski definition) is 3. The Hall–Kier alpha value is -2.04. The summed E-state index contributed by atoms with van der Waals surface area (Å²) in [6.45, 7) is 0.383. The molecule has 21 heavy (non-hydrogen) atoms. The van der Waals surface area contributed by atoms with Crippen molar-refractivity contribution in [1.82, 2.24) is 0 Å². The predicted octanol–water partition coefficient (Wildman–Crippen LogP) is 2.04. The van der Waals surface area contributed by atoms with Gasteiger partial charge in [0.15, 0.2) is 0 Å². The third kappa shape index (κ3) is 4.48. The molecule has 0 saturated carbocycles. The summed E-state index contributed by atoms with van der Waals surface area (Å²) in [5, 5.41) is 13.4. The van der Waals surface area contributed by atoms with Crippen LogP contribution in [0.15, 0.2) is 54.6 Å². The van der Waals surface area contributed by atoms with Gasteiger partial charge in [-0.3, -0.25) is 0 Å². The number of ether oxygens (including phenoxy) is 1. The Morgan fingerprint density at radius 3 is 2.48 bits per heavy atom. The third-order valence-corrected chi connectivity index (χ3v) is 3.42. The zero-order valence-electron chi connectivity index (χ0n) is 12.2. The normalized spacial score (nSPS) is 13.5. The molecule has 0 unspecified atom stereocenters. The lowest BCUT2D eigenvalue weighted by molar-refractivity contribution is 0.156. The van der Waals surface area contributed by atoms with Crippen molar-refractivity contribution >= 4 is 5.69 Å². The number of nitrogens with one attached hydrogen (secondary N) is 1. The molecule has 0 radical (unpaired) electrons. The number of nitrogens with two attached hydrogens (primary N) is 1. The molecule has 0 amide bonds. The summed E-state index contributed by atoms with van der Waals surface area (Å²) in [5.41, 5.74) is 8.04. The van der Waals surface area contributed by atoms with Crippen molar-refractivity contribution in [3.63, 3.8) is 0 Å². The average molecular weight is 286 g/mol. The van der Waals surface area contributed by atoms with Gasteiger partial charge in [-0.25, -0.2) is 0 Å². The summed E-state index contributed by atoms with van der Waals surface area (Å²) < 4.78 is 5.26. The number of rotatable bonds is 7. The fourth-order valence-electron chi connectivity index (χ4n) is 2.18. The highest BCUT2D eigenvalue weighted by Crippen LogP contribution is 2.22. The van der Waals surface area contributed by atoms with Gasteiger partial charge in [0.1, 0.15) is 5.75 Å². The number of aliphatic hydroxyl groups is 1. The molecule has 0 aliphatic heterocycles. The molecule has 2 aromatic carbocycles. The monoisotopic (exact) mass is 286 g/mol. The van der Waals surface area contributed by atoms with Gasteiger partial charge >= 0.3 is 0 Å². The molecule has 2 rings (SSSR count). The van der Waals surface area contributed by atoms with Crippen LogP contribution >= 0.6 is 0 Å². The van der Waals surface area contributed by atoms with E-state index in [1.165, 1.54) is 0 Å². The van der Waals surface area contributed by atoms with Crippen molar-refractivity contribution in [3.8, 4) is 5.75 Å². The SMILES string of the molecule is COc1ccccc1NC[C@@H](O)[C@@H](N)Cc1ccccc1. The van der Waals surface area contributed by atoms with E-state index in [1.807, 2.05) is 54.6 Å². The highest BCUT2D eigenvalue weighted by atomic mass is 16.5. The van der Waals surface area contributed by atoms with Gasteiger partial charge in [-0.05, 0) is 24.1 Å². The number of anilines is 1. The van der Waals surface area contributed by atoms with Crippen LogP contribution < -0.4 is 15.8 Å². The Kier molecular flexibility index (Phi) is 5.60. The van der Waals surface area contributed by atoms with Crippen molar-refractivity contribution in [3.05, 3.63) is 60.2 Å². The molecule has 0 heterocycles. The highest BCUT2D eigenvalue weighted by Gasteiger charge is 2.15. The van der Waals surface area contributed by atoms with E-state index in [1.54, 1.807) is 7.11 Å². The molecule has 4 heteroatoms. The van der Waals surface area contributed by atoms with E-state index < -0.39 is 6.10 Å². The largest absolute Gasteiger partial charge is 0.495 e. The topological polar surface area (TPSA) is 67.5 Å². The Bertz CT molecular complexity index is 545. The van der Waals surface area contributed by atoms with Crippen LogP contribution in [0.4, 0.5) is 5.69 Å². The lowest BCUT2D eigenvalue weighted by atomic mass is 10.0. The molecule has 0 aliphatic carbocycles. The zero-order valence-corrected chi connectivity index (χ0v) is 12.2. The summed E-state index contributed by atoms with van der Waals surface area (Å²) in [6, 6.07) is 17.2. The zero-order chi connectivity index (χ0) is 15.1. The average Bonchev–Trinajstić information content (AvgIpc) is 2.53. The summed E-state index contributed by atoms with van der Waals surface area (Å²) in [5.74, 6) is 0.751. The maximum atomic E-state index is 10.2. The van der Waals surface area contributed by atoms with E-state index in [0.29, 0.717) is 13.0 Å². The molecule has 2 aromatic rings. The number of methoxy groups -OCH3 is 1. The fraction of sp³-hybridized carbons (Fsp3) is 0.294. The maximum absolute atomic E-state index is 10.2. The van der Waals surface area contributed by atoms with E-state index in [9.17, 15) is 5.11 Å². The number of aliphatic hydroxyl groups excluding tert-OH is 1. The molecule has 0 spiro atoms. The smallest absolute Gasteiger partial charge is 0.141 e. The Morgan fingerprint density at radius 1 is 1.10 bits per heavy atom. The van der Waals surface area contributed by atoms with Gasteiger partial charge < -0.3 is 20.9 Å². The van der Waals surface area contributed by atoms with Crippen LogP contribution in [0, 0.1) is 0 Å². The standard InChI is InChI=1S/C17H22N2O2/c1-21-17-10-6-5-9-15(17)19-12-16(20)14(18)11-13-7-3-2-4-8-13/h2-10,14,16,19-20H,11-12,18H2,1H3/t14-,16+/m0/s1. The van der Waals surface area contributed by atoms with E-state index in [-0.39, 0.29) is 6.04 Å². The van der Waals surface area contributed by atoms with Crippen molar-refractivity contribution in [2.45, 2.75) is 18.6 Å². The first-order chi connectivity index (χ1) is 10.2. The molecular weight excluding hydrogens is 264 g/mol. The maximum Gasteiger partial charge on any atom is 0.141 e. The predicted molar refractivity (Wildman–Crippen MR) is 85.6 cm³/mol. The second-order valence-corrected chi connectivity index (χ2v) is 5.00. The summed E-state index contributed by atoms with van der Waals surface area (Å²) >= 11 is 0. The highest BCUT2D eigenvalue weighted by molar-refractivity contribution is 5.56. The van der Waals surface area contributed by atoms with Crippen LogP contribution in [0.1, 0.15) is 5.56 Å². The fourth-order valence-corrected chi connectivity index (χ4v) is 2.18. The van der Waals surface area contributed by atoms with E-state index in [2.05, 4.69) is 5.32 Å². The first-order valence-corrected chi connectivity index (χ1v) is 7.05. The number of para-hydroxylation sites is 2. The third-order valence-electron chi connectivity index (χ3n) is 3.42. The Balaban J connectivity index is 1.87.